The first kappa shape index (κ1) is 19.2. The molecule has 0 saturated heterocycles. The van der Waals surface area contributed by atoms with Gasteiger partial charge in [-0.1, -0.05) is 12.2 Å². The van der Waals surface area contributed by atoms with Gasteiger partial charge in [0.05, 0.1) is 16.0 Å². The van der Waals surface area contributed by atoms with Crippen molar-refractivity contribution in [2.24, 2.45) is 0 Å². The summed E-state index contributed by atoms with van der Waals surface area (Å²) in [5, 5.41) is 18.6. The maximum Gasteiger partial charge on any atom is 0.336 e. The summed E-state index contributed by atoms with van der Waals surface area (Å²) in [6, 6.07) is 7.78. The summed E-state index contributed by atoms with van der Waals surface area (Å²) in [5.41, 5.74) is -0.249. The van der Waals surface area contributed by atoms with Crippen LogP contribution in [-0.2, 0) is 9.84 Å². The van der Waals surface area contributed by atoms with E-state index in [2.05, 4.69) is 0 Å². The summed E-state index contributed by atoms with van der Waals surface area (Å²) in [5.74, 6) is -2.31. The lowest BCUT2D eigenvalue weighted by atomic mass is 10.0. The Labute approximate surface area is 150 Å². The highest BCUT2D eigenvalue weighted by atomic mass is 32.2. The molecular weight excluding hydrogens is 360 g/mol. The number of benzene rings is 2. The molecular formula is C18H16O7S. The normalized spacial score (nSPS) is 11.5. The molecule has 0 fully saturated rings. The van der Waals surface area contributed by atoms with E-state index < -0.39 is 21.8 Å². The number of carbonyl (C=O) groups is 2. The third-order valence-corrected chi connectivity index (χ3v) is 4.56. The SMILES string of the molecule is C/C=C\c1c(Oc2ccc(S(C)(=O)=O)cc2)cc(C(=O)O)cc1C(=O)O. The van der Waals surface area contributed by atoms with E-state index in [9.17, 15) is 28.2 Å². The molecule has 8 heteroatoms. The second-order valence-corrected chi connectivity index (χ2v) is 7.41. The molecule has 26 heavy (non-hydrogen) atoms. The molecule has 0 aliphatic rings. The molecule has 7 nitrogen and oxygen atoms in total. The van der Waals surface area contributed by atoms with Crippen molar-refractivity contribution >= 4 is 27.9 Å². The smallest absolute Gasteiger partial charge is 0.336 e. The zero-order chi connectivity index (χ0) is 19.5. The molecule has 0 bridgehead atoms. The molecule has 2 rings (SSSR count). The minimum absolute atomic E-state index is 0.0347. The van der Waals surface area contributed by atoms with Gasteiger partial charge in [-0.2, -0.15) is 0 Å². The maximum absolute atomic E-state index is 11.5. The predicted octanol–water partition coefficient (Wildman–Crippen LogP) is 3.31. The molecule has 136 valence electrons. The monoisotopic (exact) mass is 376 g/mol. The molecule has 2 N–H and O–H groups in total. The van der Waals surface area contributed by atoms with Crippen LogP contribution in [0.25, 0.3) is 6.08 Å². The van der Waals surface area contributed by atoms with Crippen molar-refractivity contribution in [3.63, 3.8) is 0 Å². The van der Waals surface area contributed by atoms with Crippen LogP contribution in [0.5, 0.6) is 11.5 Å². The Hall–Kier alpha value is -3.13. The number of carboxylic acids is 2. The number of allylic oxidation sites excluding steroid dienone is 1. The number of aromatic carboxylic acids is 2. The van der Waals surface area contributed by atoms with E-state index in [1.54, 1.807) is 13.0 Å². The van der Waals surface area contributed by atoms with Gasteiger partial charge in [-0.3, -0.25) is 0 Å². The Morgan fingerprint density at radius 2 is 1.65 bits per heavy atom. The van der Waals surface area contributed by atoms with Crippen LogP contribution in [0.1, 0.15) is 33.2 Å². The van der Waals surface area contributed by atoms with Crippen molar-refractivity contribution in [1.29, 1.82) is 0 Å². The van der Waals surface area contributed by atoms with Gasteiger partial charge in [0, 0.05) is 11.8 Å². The van der Waals surface area contributed by atoms with Crippen molar-refractivity contribution in [2.45, 2.75) is 11.8 Å². The summed E-state index contributed by atoms with van der Waals surface area (Å²) in [6.45, 7) is 1.68. The third-order valence-electron chi connectivity index (χ3n) is 3.43. The zero-order valence-electron chi connectivity index (χ0n) is 14.0. The van der Waals surface area contributed by atoms with Crippen LogP contribution >= 0.6 is 0 Å². The molecule has 0 atom stereocenters. The molecule has 0 unspecified atom stereocenters. The molecule has 0 aromatic heterocycles. The quantitative estimate of drug-likeness (QED) is 0.794. The third kappa shape index (κ3) is 4.28. The van der Waals surface area contributed by atoms with Gasteiger partial charge in [0.25, 0.3) is 0 Å². The molecule has 2 aromatic rings. The van der Waals surface area contributed by atoms with Crippen LogP contribution in [0.4, 0.5) is 0 Å². The average Bonchev–Trinajstić information content (AvgIpc) is 2.55. The molecule has 0 heterocycles. The zero-order valence-corrected chi connectivity index (χ0v) is 14.8. The fourth-order valence-corrected chi connectivity index (χ4v) is 2.86. The summed E-state index contributed by atoms with van der Waals surface area (Å²) >= 11 is 0. The first-order valence-electron chi connectivity index (χ1n) is 7.38. The van der Waals surface area contributed by atoms with E-state index in [1.807, 2.05) is 0 Å². The minimum atomic E-state index is -3.37. The number of carboxylic acid groups (broad SMARTS) is 2. The topological polar surface area (TPSA) is 118 Å². The summed E-state index contributed by atoms with van der Waals surface area (Å²) in [7, 11) is -3.37. The summed E-state index contributed by atoms with van der Waals surface area (Å²) < 4.78 is 28.6. The molecule has 0 amide bonds. The van der Waals surface area contributed by atoms with Crippen LogP contribution in [0.3, 0.4) is 0 Å². The molecule has 0 saturated carbocycles. The lowest BCUT2D eigenvalue weighted by Gasteiger charge is -2.13. The largest absolute Gasteiger partial charge is 0.478 e. The molecule has 0 radical (unpaired) electrons. The van der Waals surface area contributed by atoms with Gasteiger partial charge in [-0.15, -0.1) is 0 Å². The van der Waals surface area contributed by atoms with Gasteiger partial charge in [0.2, 0.25) is 0 Å². The van der Waals surface area contributed by atoms with Gasteiger partial charge in [0.15, 0.2) is 9.84 Å². The number of rotatable bonds is 6. The van der Waals surface area contributed by atoms with E-state index in [4.69, 9.17) is 4.74 Å². The number of ether oxygens (including phenoxy) is 1. The first-order valence-corrected chi connectivity index (χ1v) is 9.28. The minimum Gasteiger partial charge on any atom is -0.478 e. The van der Waals surface area contributed by atoms with Crippen LogP contribution < -0.4 is 4.74 Å². The van der Waals surface area contributed by atoms with Gasteiger partial charge in [0.1, 0.15) is 11.5 Å². The van der Waals surface area contributed by atoms with Gasteiger partial charge in [-0.05, 0) is 43.3 Å². The van der Waals surface area contributed by atoms with E-state index in [1.165, 1.54) is 36.4 Å². The standard InChI is InChI=1S/C18H16O7S/c1-3-4-14-15(18(21)22)9-11(17(19)20)10-16(14)25-12-5-7-13(8-6-12)26(2,23)24/h3-10H,1-2H3,(H,19,20)(H,21,22)/b4-3-. The van der Waals surface area contributed by atoms with Crippen molar-refractivity contribution in [2.75, 3.05) is 6.26 Å². The van der Waals surface area contributed by atoms with Crippen LogP contribution in [0.2, 0.25) is 0 Å². The highest BCUT2D eigenvalue weighted by Crippen LogP contribution is 2.31. The van der Waals surface area contributed by atoms with Crippen LogP contribution in [0, 0.1) is 0 Å². The Morgan fingerprint density at radius 3 is 2.12 bits per heavy atom. The Kier molecular flexibility index (Phi) is 5.47. The Balaban J connectivity index is 2.56. The highest BCUT2D eigenvalue weighted by molar-refractivity contribution is 7.90. The lowest BCUT2D eigenvalue weighted by molar-refractivity contribution is 0.0695. The summed E-state index contributed by atoms with van der Waals surface area (Å²) in [4.78, 5) is 22.9. The van der Waals surface area contributed by atoms with E-state index in [-0.39, 0.29) is 33.1 Å². The van der Waals surface area contributed by atoms with Gasteiger partial charge >= 0.3 is 11.9 Å². The fourth-order valence-electron chi connectivity index (χ4n) is 2.23. The number of hydrogen-bond donors (Lipinski definition) is 2. The number of hydrogen-bond acceptors (Lipinski definition) is 5. The van der Waals surface area contributed by atoms with E-state index >= 15 is 0 Å². The molecule has 2 aromatic carbocycles. The fraction of sp³-hybridized carbons (Fsp3) is 0.111. The van der Waals surface area contributed by atoms with Gasteiger partial charge in [-0.25, -0.2) is 18.0 Å². The molecule has 0 aliphatic heterocycles. The highest BCUT2D eigenvalue weighted by Gasteiger charge is 2.19. The number of sulfone groups is 1. The van der Waals surface area contributed by atoms with Crippen LogP contribution in [-0.4, -0.2) is 36.8 Å². The molecule has 0 spiro atoms. The Morgan fingerprint density at radius 1 is 1.04 bits per heavy atom. The Bertz CT molecular complexity index is 987. The van der Waals surface area contributed by atoms with Gasteiger partial charge < -0.3 is 14.9 Å². The van der Waals surface area contributed by atoms with Crippen molar-refractivity contribution < 1.29 is 33.0 Å². The lowest BCUT2D eigenvalue weighted by Crippen LogP contribution is -2.06. The van der Waals surface area contributed by atoms with E-state index in [0.29, 0.717) is 0 Å². The maximum atomic E-state index is 11.5. The first-order chi connectivity index (χ1) is 12.1. The average molecular weight is 376 g/mol. The van der Waals surface area contributed by atoms with Crippen LogP contribution in [0.15, 0.2) is 47.4 Å². The second kappa shape index (κ2) is 7.40. The summed E-state index contributed by atoms with van der Waals surface area (Å²) in [6.07, 6.45) is 4.17. The predicted molar refractivity (Wildman–Crippen MR) is 94.7 cm³/mol. The molecule has 0 aliphatic carbocycles. The van der Waals surface area contributed by atoms with Crippen molar-refractivity contribution in [1.82, 2.24) is 0 Å². The van der Waals surface area contributed by atoms with Crippen molar-refractivity contribution in [3.05, 3.63) is 59.2 Å². The second-order valence-electron chi connectivity index (χ2n) is 5.39. The van der Waals surface area contributed by atoms with Crippen molar-refractivity contribution in [3.8, 4) is 11.5 Å². The van der Waals surface area contributed by atoms with E-state index in [0.717, 1.165) is 12.3 Å².